The first-order valence-corrected chi connectivity index (χ1v) is 13.0. The fourth-order valence-corrected chi connectivity index (χ4v) is 5.43. The summed E-state index contributed by atoms with van der Waals surface area (Å²) in [6.45, 7) is 2.26. The van der Waals surface area contributed by atoms with Gasteiger partial charge in [0.2, 0.25) is 0 Å². The summed E-state index contributed by atoms with van der Waals surface area (Å²) in [6, 6.07) is 14.1. The van der Waals surface area contributed by atoms with Crippen LogP contribution in [0.15, 0.2) is 60.2 Å². The number of rotatable bonds is 9. The van der Waals surface area contributed by atoms with Crippen molar-refractivity contribution in [1.82, 2.24) is 15.3 Å². The summed E-state index contributed by atoms with van der Waals surface area (Å²) in [5, 5.41) is 26.1. The summed E-state index contributed by atoms with van der Waals surface area (Å²) in [4.78, 5) is 12.3. The third kappa shape index (κ3) is 5.65. The average Bonchev–Trinajstić information content (AvgIpc) is 3.36. The quantitative estimate of drug-likeness (QED) is 0.315. The van der Waals surface area contributed by atoms with Gasteiger partial charge in [0.15, 0.2) is 0 Å². The van der Waals surface area contributed by atoms with Gasteiger partial charge in [-0.25, -0.2) is 14.4 Å². The minimum atomic E-state index is -0.633. The Balaban J connectivity index is 1.16. The number of anilines is 1. The predicted octanol–water partition coefficient (Wildman–Crippen LogP) is 3.99. The number of aromatic nitrogens is 2. The molecule has 0 radical (unpaired) electrons. The van der Waals surface area contributed by atoms with E-state index in [9.17, 15) is 14.6 Å². The van der Waals surface area contributed by atoms with Gasteiger partial charge in [-0.1, -0.05) is 24.3 Å². The van der Waals surface area contributed by atoms with Crippen molar-refractivity contribution in [1.29, 1.82) is 0 Å². The van der Waals surface area contributed by atoms with Crippen molar-refractivity contribution in [2.75, 3.05) is 31.1 Å². The number of hydrogen-bond donors (Lipinski definition) is 3. The largest absolute Gasteiger partial charge is 0.491 e. The molecule has 2 aromatic carbocycles. The Morgan fingerprint density at radius 3 is 2.72 bits per heavy atom. The molecule has 1 saturated heterocycles. The molecule has 1 atom stereocenters. The molecule has 0 amide bonds. The number of hydrogen-bond acceptors (Lipinski definition) is 8. The molecule has 188 valence electrons. The maximum atomic E-state index is 13.4. The summed E-state index contributed by atoms with van der Waals surface area (Å²) in [6.07, 6.45) is 2.83. The van der Waals surface area contributed by atoms with Crippen LogP contribution in [0, 0.1) is 5.82 Å². The first kappa shape index (κ1) is 24.6. The van der Waals surface area contributed by atoms with Crippen molar-refractivity contribution in [3.8, 4) is 16.9 Å². The molecule has 5 rings (SSSR count). The number of benzene rings is 2. The Bertz CT molecular complexity index is 1290. The van der Waals surface area contributed by atoms with Gasteiger partial charge in [-0.15, -0.1) is 11.3 Å². The summed E-state index contributed by atoms with van der Waals surface area (Å²) in [7, 11) is 0. The van der Waals surface area contributed by atoms with Crippen molar-refractivity contribution < 1.29 is 19.3 Å². The molecular formula is C27H29FN4O3S. The molecule has 1 aliphatic heterocycles. The van der Waals surface area contributed by atoms with Crippen molar-refractivity contribution in [2.45, 2.75) is 31.6 Å². The molecule has 4 aromatic rings. The highest BCUT2D eigenvalue weighted by Crippen LogP contribution is 2.38. The molecule has 3 heterocycles. The van der Waals surface area contributed by atoms with Crippen molar-refractivity contribution in [3.05, 3.63) is 71.6 Å². The first-order chi connectivity index (χ1) is 17.6. The van der Waals surface area contributed by atoms with E-state index in [0.29, 0.717) is 18.3 Å². The Labute approximate surface area is 213 Å². The van der Waals surface area contributed by atoms with Gasteiger partial charge in [-0.05, 0) is 48.2 Å². The number of nitrogens with zero attached hydrogens (tertiary/aromatic N) is 3. The molecule has 0 spiro atoms. The smallest absolute Gasteiger partial charge is 0.141 e. The normalized spacial score (nSPS) is 15.4. The summed E-state index contributed by atoms with van der Waals surface area (Å²) in [5.41, 5.74) is 2.76. The fourth-order valence-electron chi connectivity index (χ4n) is 4.52. The number of piperidine rings is 1. The van der Waals surface area contributed by atoms with Gasteiger partial charge in [0.1, 0.15) is 41.3 Å². The molecule has 0 bridgehead atoms. The van der Waals surface area contributed by atoms with E-state index in [2.05, 4.69) is 25.6 Å². The molecule has 9 heteroatoms. The monoisotopic (exact) mass is 508 g/mol. The highest BCUT2D eigenvalue weighted by molar-refractivity contribution is 7.17. The molecule has 0 saturated carbocycles. The van der Waals surface area contributed by atoms with Gasteiger partial charge in [0.25, 0.3) is 0 Å². The van der Waals surface area contributed by atoms with E-state index in [0.717, 1.165) is 58.7 Å². The highest BCUT2D eigenvalue weighted by atomic mass is 32.1. The zero-order valence-electron chi connectivity index (χ0n) is 19.8. The zero-order valence-corrected chi connectivity index (χ0v) is 20.6. The van der Waals surface area contributed by atoms with Crippen molar-refractivity contribution in [3.63, 3.8) is 0 Å². The maximum Gasteiger partial charge on any atom is 0.141 e. The third-order valence-corrected chi connectivity index (χ3v) is 7.35. The molecule has 7 nitrogen and oxygen atoms in total. The van der Waals surface area contributed by atoms with Gasteiger partial charge in [-0.3, -0.25) is 0 Å². The molecule has 36 heavy (non-hydrogen) atoms. The number of aliphatic hydroxyl groups is 2. The Morgan fingerprint density at radius 2 is 1.94 bits per heavy atom. The van der Waals surface area contributed by atoms with Crippen LogP contribution < -0.4 is 15.0 Å². The first-order valence-electron chi connectivity index (χ1n) is 12.1. The number of nitrogens with one attached hydrogen (secondary N) is 1. The van der Waals surface area contributed by atoms with Crippen molar-refractivity contribution in [2.24, 2.45) is 0 Å². The standard InChI is InChI=1S/C27H29FN4O3S/c28-20-6-4-19(5-7-20)24-16-36-27-25(24)26(30-17-31-27)32-10-8-21(9-11-32)29-13-22(34)15-35-23-3-1-2-18(12-23)14-33/h1-7,12,16-17,21-22,29,33-34H,8-11,13-15H2. The summed E-state index contributed by atoms with van der Waals surface area (Å²) in [5.74, 6) is 1.30. The highest BCUT2D eigenvalue weighted by Gasteiger charge is 2.24. The van der Waals surface area contributed by atoms with Crippen LogP contribution in [0.5, 0.6) is 5.75 Å². The van der Waals surface area contributed by atoms with E-state index >= 15 is 0 Å². The molecule has 1 unspecified atom stereocenters. The number of thiophene rings is 1. The predicted molar refractivity (Wildman–Crippen MR) is 140 cm³/mol. The van der Waals surface area contributed by atoms with Crippen LogP contribution in [0.1, 0.15) is 18.4 Å². The molecule has 3 N–H and O–H groups in total. The van der Waals surface area contributed by atoms with E-state index in [1.54, 1.807) is 35.9 Å². The second kappa shape index (κ2) is 11.3. The average molecular weight is 509 g/mol. The van der Waals surface area contributed by atoms with E-state index < -0.39 is 6.10 Å². The van der Waals surface area contributed by atoms with E-state index in [-0.39, 0.29) is 19.0 Å². The number of fused-ring (bicyclic) bond motifs is 1. The van der Waals surface area contributed by atoms with E-state index in [1.165, 1.54) is 12.1 Å². The lowest BCUT2D eigenvalue weighted by Crippen LogP contribution is -2.45. The SMILES string of the molecule is OCc1cccc(OCC(O)CNC2CCN(c3ncnc4scc(-c5ccc(F)cc5)c34)CC2)c1. The Hall–Kier alpha value is -3.11. The molecule has 0 aliphatic carbocycles. The minimum absolute atomic E-state index is 0.0412. The van der Waals surface area contributed by atoms with Crippen LogP contribution in [-0.2, 0) is 6.61 Å². The second-order valence-electron chi connectivity index (χ2n) is 8.97. The number of ether oxygens (including phenoxy) is 1. The Kier molecular flexibility index (Phi) is 7.72. The van der Waals surface area contributed by atoms with Gasteiger partial charge in [0.05, 0.1) is 12.0 Å². The molecular weight excluding hydrogens is 479 g/mol. The minimum Gasteiger partial charge on any atom is -0.491 e. The molecule has 2 aromatic heterocycles. The second-order valence-corrected chi connectivity index (χ2v) is 9.83. The Morgan fingerprint density at radius 1 is 1.14 bits per heavy atom. The van der Waals surface area contributed by atoms with Gasteiger partial charge >= 0.3 is 0 Å². The third-order valence-electron chi connectivity index (χ3n) is 6.47. The lowest BCUT2D eigenvalue weighted by molar-refractivity contribution is 0.102. The number of aliphatic hydroxyl groups excluding tert-OH is 2. The van der Waals surface area contributed by atoms with E-state index in [1.807, 2.05) is 18.2 Å². The van der Waals surface area contributed by atoms with Gasteiger partial charge in [-0.2, -0.15) is 0 Å². The summed E-state index contributed by atoms with van der Waals surface area (Å²) >= 11 is 1.57. The van der Waals surface area contributed by atoms with Crippen molar-refractivity contribution >= 4 is 27.4 Å². The van der Waals surface area contributed by atoms with Crippen LogP contribution in [0.3, 0.4) is 0 Å². The molecule has 1 fully saturated rings. The van der Waals surface area contributed by atoms with E-state index in [4.69, 9.17) is 4.74 Å². The van der Waals surface area contributed by atoms with Crippen LogP contribution in [0.25, 0.3) is 21.3 Å². The topological polar surface area (TPSA) is 90.7 Å². The lowest BCUT2D eigenvalue weighted by atomic mass is 10.0. The van der Waals surface area contributed by atoms with Crippen LogP contribution >= 0.6 is 11.3 Å². The lowest BCUT2D eigenvalue weighted by Gasteiger charge is -2.34. The van der Waals surface area contributed by atoms with Crippen LogP contribution in [0.2, 0.25) is 0 Å². The zero-order chi connectivity index (χ0) is 24.9. The number of halogens is 1. The maximum absolute atomic E-state index is 13.4. The fraction of sp³-hybridized carbons (Fsp3) is 0.333. The van der Waals surface area contributed by atoms with Gasteiger partial charge < -0.3 is 25.2 Å². The van der Waals surface area contributed by atoms with Crippen LogP contribution in [-0.4, -0.2) is 58.6 Å². The summed E-state index contributed by atoms with van der Waals surface area (Å²) < 4.78 is 19.1. The van der Waals surface area contributed by atoms with Gasteiger partial charge in [0, 0.05) is 36.6 Å². The molecule has 1 aliphatic rings. The van der Waals surface area contributed by atoms with Crippen LogP contribution in [0.4, 0.5) is 10.2 Å².